The van der Waals surface area contributed by atoms with Gasteiger partial charge < -0.3 is 14.8 Å². The van der Waals surface area contributed by atoms with Gasteiger partial charge >= 0.3 is 5.97 Å². The Morgan fingerprint density at radius 3 is 2.58 bits per heavy atom. The van der Waals surface area contributed by atoms with E-state index in [1.54, 1.807) is 13.2 Å². The van der Waals surface area contributed by atoms with Gasteiger partial charge in [-0.1, -0.05) is 18.2 Å². The van der Waals surface area contributed by atoms with E-state index < -0.39 is 6.23 Å². The predicted molar refractivity (Wildman–Crippen MR) is 71.2 cm³/mol. The van der Waals surface area contributed by atoms with Gasteiger partial charge in [-0.15, -0.1) is 0 Å². The number of rotatable bonds is 3. The van der Waals surface area contributed by atoms with Gasteiger partial charge in [0, 0.05) is 11.3 Å². The van der Waals surface area contributed by atoms with Gasteiger partial charge in [0.05, 0.1) is 12.7 Å². The zero-order chi connectivity index (χ0) is 13.2. The molecule has 0 radical (unpaired) electrons. The molecule has 0 spiro atoms. The predicted octanol–water partition coefficient (Wildman–Crippen LogP) is 2.98. The molecule has 0 saturated carbocycles. The number of nitrogens with one attached hydrogen (secondary N) is 1. The summed E-state index contributed by atoms with van der Waals surface area (Å²) in [5, 5.41) is 3.18. The first-order chi connectivity index (χ1) is 9.28. The third-order valence-corrected chi connectivity index (χ3v) is 3.08. The number of anilines is 1. The van der Waals surface area contributed by atoms with Gasteiger partial charge in [-0.05, 0) is 30.3 Å². The first kappa shape index (κ1) is 11.6. The summed E-state index contributed by atoms with van der Waals surface area (Å²) in [6, 6.07) is 14.9. The van der Waals surface area contributed by atoms with Gasteiger partial charge in [0.1, 0.15) is 5.75 Å². The van der Waals surface area contributed by atoms with E-state index in [2.05, 4.69) is 5.32 Å². The van der Waals surface area contributed by atoms with Crippen LogP contribution in [0.2, 0.25) is 0 Å². The van der Waals surface area contributed by atoms with Crippen molar-refractivity contribution >= 4 is 11.7 Å². The van der Waals surface area contributed by atoms with E-state index in [-0.39, 0.29) is 5.97 Å². The Balaban J connectivity index is 1.83. The van der Waals surface area contributed by atoms with Crippen molar-refractivity contribution in [3.8, 4) is 5.75 Å². The molecule has 4 nitrogen and oxygen atoms in total. The average molecular weight is 255 g/mol. The lowest BCUT2D eigenvalue weighted by Crippen LogP contribution is -2.10. The van der Waals surface area contributed by atoms with Crippen LogP contribution in [0.15, 0.2) is 48.5 Å². The molecule has 0 aromatic heterocycles. The van der Waals surface area contributed by atoms with E-state index in [9.17, 15) is 4.79 Å². The number of ether oxygens (including phenoxy) is 2. The molecule has 1 N–H and O–H groups in total. The number of carbonyl (C=O) groups is 1. The minimum Gasteiger partial charge on any atom is -0.497 e. The molecular formula is C15H13NO3. The molecule has 2 aromatic rings. The van der Waals surface area contributed by atoms with Crippen molar-refractivity contribution < 1.29 is 14.3 Å². The summed E-state index contributed by atoms with van der Waals surface area (Å²) in [6.45, 7) is 0. The lowest BCUT2D eigenvalue weighted by molar-refractivity contribution is 0.0437. The van der Waals surface area contributed by atoms with Crippen LogP contribution in [0.3, 0.4) is 0 Å². The van der Waals surface area contributed by atoms with Crippen LogP contribution in [0.25, 0.3) is 0 Å². The molecule has 2 aromatic carbocycles. The normalized spacial score (nSPS) is 16.7. The fourth-order valence-corrected chi connectivity index (χ4v) is 2.09. The topological polar surface area (TPSA) is 47.6 Å². The summed E-state index contributed by atoms with van der Waals surface area (Å²) >= 11 is 0. The lowest BCUT2D eigenvalue weighted by atomic mass is 10.1. The van der Waals surface area contributed by atoms with E-state index in [1.165, 1.54) is 0 Å². The van der Waals surface area contributed by atoms with E-state index in [1.807, 2.05) is 42.5 Å². The second-order valence-corrected chi connectivity index (χ2v) is 4.25. The van der Waals surface area contributed by atoms with Gasteiger partial charge in [-0.25, -0.2) is 4.79 Å². The summed E-state index contributed by atoms with van der Waals surface area (Å²) in [6.07, 6.45) is -0.433. The van der Waals surface area contributed by atoms with Crippen molar-refractivity contribution in [3.63, 3.8) is 0 Å². The molecule has 1 aliphatic heterocycles. The highest BCUT2D eigenvalue weighted by molar-refractivity contribution is 5.94. The Morgan fingerprint density at radius 1 is 1.11 bits per heavy atom. The Hall–Kier alpha value is -2.49. The van der Waals surface area contributed by atoms with Crippen molar-refractivity contribution in [2.24, 2.45) is 0 Å². The number of methoxy groups -OCH3 is 1. The molecule has 1 unspecified atom stereocenters. The second kappa shape index (κ2) is 4.65. The molecule has 3 rings (SSSR count). The van der Waals surface area contributed by atoms with Crippen LogP contribution in [0.1, 0.15) is 22.1 Å². The fourth-order valence-electron chi connectivity index (χ4n) is 2.09. The van der Waals surface area contributed by atoms with Gasteiger partial charge in [-0.3, -0.25) is 0 Å². The van der Waals surface area contributed by atoms with E-state index in [0.717, 1.165) is 17.0 Å². The first-order valence-corrected chi connectivity index (χ1v) is 5.98. The number of carbonyl (C=O) groups excluding carboxylic acids is 1. The number of esters is 1. The van der Waals surface area contributed by atoms with Crippen LogP contribution >= 0.6 is 0 Å². The van der Waals surface area contributed by atoms with E-state index in [4.69, 9.17) is 9.47 Å². The third-order valence-electron chi connectivity index (χ3n) is 3.08. The number of hydrogen-bond donors (Lipinski definition) is 1. The summed E-state index contributed by atoms with van der Waals surface area (Å²) in [7, 11) is 1.62. The Morgan fingerprint density at radius 2 is 1.84 bits per heavy atom. The van der Waals surface area contributed by atoms with Crippen molar-refractivity contribution in [1.29, 1.82) is 0 Å². The van der Waals surface area contributed by atoms with Gasteiger partial charge in [0.2, 0.25) is 6.23 Å². The Labute approximate surface area is 111 Å². The minimum absolute atomic E-state index is 0.290. The number of cyclic esters (lactones) is 1. The summed E-state index contributed by atoms with van der Waals surface area (Å²) in [5.74, 6) is 0.496. The molecule has 0 fully saturated rings. The van der Waals surface area contributed by atoms with Crippen LogP contribution in [0.4, 0.5) is 5.69 Å². The maximum absolute atomic E-state index is 11.7. The molecule has 1 atom stereocenters. The lowest BCUT2D eigenvalue weighted by Gasteiger charge is -2.14. The monoisotopic (exact) mass is 255 g/mol. The molecule has 1 heterocycles. The van der Waals surface area contributed by atoms with Crippen LogP contribution < -0.4 is 10.1 Å². The standard InChI is InChI=1S/C15H13NO3/c1-18-11-8-6-10(7-9-11)16-14-12-4-2-3-5-13(12)15(17)19-14/h2-9,14,16H,1H3. The fraction of sp³-hybridized carbons (Fsp3) is 0.133. The second-order valence-electron chi connectivity index (χ2n) is 4.25. The highest BCUT2D eigenvalue weighted by Crippen LogP contribution is 2.31. The van der Waals surface area contributed by atoms with Gasteiger partial charge in [-0.2, -0.15) is 0 Å². The van der Waals surface area contributed by atoms with E-state index in [0.29, 0.717) is 5.56 Å². The third kappa shape index (κ3) is 2.12. The Bertz CT molecular complexity index is 607. The van der Waals surface area contributed by atoms with Crippen molar-refractivity contribution in [3.05, 3.63) is 59.7 Å². The Kier molecular flexibility index (Phi) is 2.83. The van der Waals surface area contributed by atoms with Crippen molar-refractivity contribution in [2.75, 3.05) is 12.4 Å². The van der Waals surface area contributed by atoms with E-state index >= 15 is 0 Å². The number of hydrogen-bond acceptors (Lipinski definition) is 4. The maximum Gasteiger partial charge on any atom is 0.340 e. The summed E-state index contributed by atoms with van der Waals surface area (Å²) in [4.78, 5) is 11.7. The molecule has 19 heavy (non-hydrogen) atoms. The van der Waals surface area contributed by atoms with Gasteiger partial charge in [0.25, 0.3) is 0 Å². The van der Waals surface area contributed by atoms with Crippen molar-refractivity contribution in [2.45, 2.75) is 6.23 Å². The SMILES string of the molecule is COc1ccc(NC2OC(=O)c3ccccc32)cc1. The van der Waals surface area contributed by atoms with Crippen LogP contribution in [0.5, 0.6) is 5.75 Å². The molecule has 0 amide bonds. The van der Waals surface area contributed by atoms with Crippen LogP contribution in [0, 0.1) is 0 Å². The maximum atomic E-state index is 11.7. The zero-order valence-corrected chi connectivity index (χ0v) is 10.4. The molecule has 1 aliphatic rings. The summed E-state index contributed by atoms with van der Waals surface area (Å²) in [5.41, 5.74) is 2.35. The molecular weight excluding hydrogens is 242 g/mol. The molecule has 4 heteroatoms. The molecule has 0 bridgehead atoms. The molecule has 0 saturated heterocycles. The van der Waals surface area contributed by atoms with Gasteiger partial charge in [0.15, 0.2) is 0 Å². The highest BCUT2D eigenvalue weighted by atomic mass is 16.6. The first-order valence-electron chi connectivity index (χ1n) is 5.98. The number of fused-ring (bicyclic) bond motifs is 1. The van der Waals surface area contributed by atoms with Crippen molar-refractivity contribution in [1.82, 2.24) is 0 Å². The smallest absolute Gasteiger partial charge is 0.340 e. The van der Waals surface area contributed by atoms with Crippen LogP contribution in [-0.2, 0) is 4.74 Å². The average Bonchev–Trinajstić information content (AvgIpc) is 2.77. The molecule has 96 valence electrons. The van der Waals surface area contributed by atoms with Crippen LogP contribution in [-0.4, -0.2) is 13.1 Å². The molecule has 0 aliphatic carbocycles. The zero-order valence-electron chi connectivity index (χ0n) is 10.4. The highest BCUT2D eigenvalue weighted by Gasteiger charge is 2.30. The largest absolute Gasteiger partial charge is 0.497 e. The minimum atomic E-state index is -0.433. The quantitative estimate of drug-likeness (QED) is 0.856. The summed E-state index contributed by atoms with van der Waals surface area (Å²) < 4.78 is 10.4. The number of benzene rings is 2.